The van der Waals surface area contributed by atoms with Crippen LogP contribution in [0.5, 0.6) is 0 Å². The molecule has 0 saturated carbocycles. The Morgan fingerprint density at radius 1 is 1.16 bits per heavy atom. The molecule has 0 aromatic carbocycles. The molecular weight excluding hydrogens is 314 g/mol. The molecule has 3 rings (SSSR count). The first-order valence-electron chi connectivity index (χ1n) is 8.78. The number of aryl methyl sites for hydroxylation is 1. The van der Waals surface area contributed by atoms with Gasteiger partial charge >= 0.3 is 0 Å². The van der Waals surface area contributed by atoms with Gasteiger partial charge in [-0.2, -0.15) is 0 Å². The number of hydrogen-bond donors (Lipinski definition) is 1. The van der Waals surface area contributed by atoms with Crippen molar-refractivity contribution in [3.8, 4) is 0 Å². The Balaban J connectivity index is 1.50. The molecule has 2 aromatic rings. The number of nitrogens with one attached hydrogen (secondary N) is 1. The van der Waals surface area contributed by atoms with E-state index in [4.69, 9.17) is 0 Å². The average molecular weight is 339 g/mol. The topological polar surface area (TPSA) is 71.0 Å². The minimum Gasteiger partial charge on any atom is -0.346 e. The molecule has 0 aliphatic carbocycles. The summed E-state index contributed by atoms with van der Waals surface area (Å²) in [6.07, 6.45) is 10.3. The average Bonchev–Trinajstić information content (AvgIpc) is 2.63. The summed E-state index contributed by atoms with van der Waals surface area (Å²) >= 11 is 0. The number of carbonyl (C=O) groups is 1. The zero-order chi connectivity index (χ0) is 17.6. The number of pyridine rings is 1. The van der Waals surface area contributed by atoms with Gasteiger partial charge in [0.2, 0.25) is 0 Å². The Bertz CT molecular complexity index is 708. The van der Waals surface area contributed by atoms with Crippen LogP contribution in [0.2, 0.25) is 0 Å². The van der Waals surface area contributed by atoms with Gasteiger partial charge in [0.25, 0.3) is 5.91 Å². The predicted molar refractivity (Wildman–Crippen MR) is 96.1 cm³/mol. The highest BCUT2D eigenvalue weighted by molar-refractivity contribution is 5.93. The van der Waals surface area contributed by atoms with Gasteiger partial charge in [0.1, 0.15) is 0 Å². The molecule has 0 atom stereocenters. The van der Waals surface area contributed by atoms with Crippen LogP contribution in [0.3, 0.4) is 0 Å². The Morgan fingerprint density at radius 3 is 2.56 bits per heavy atom. The molecule has 25 heavy (non-hydrogen) atoms. The Hall–Kier alpha value is -2.34. The molecular formula is C19H25N5O. The van der Waals surface area contributed by atoms with Crippen molar-refractivity contribution in [1.29, 1.82) is 0 Å². The van der Waals surface area contributed by atoms with Crippen LogP contribution in [-0.2, 0) is 13.0 Å². The van der Waals surface area contributed by atoms with E-state index in [1.54, 1.807) is 18.6 Å². The van der Waals surface area contributed by atoms with Crippen molar-refractivity contribution >= 4 is 5.91 Å². The van der Waals surface area contributed by atoms with Gasteiger partial charge in [0, 0.05) is 18.6 Å². The van der Waals surface area contributed by atoms with Gasteiger partial charge in [-0.05, 0) is 63.9 Å². The second kappa shape index (κ2) is 8.16. The van der Waals surface area contributed by atoms with E-state index in [0.29, 0.717) is 18.0 Å². The predicted octanol–water partition coefficient (Wildman–Crippen LogP) is 1.99. The van der Waals surface area contributed by atoms with Crippen molar-refractivity contribution in [3.63, 3.8) is 0 Å². The lowest BCUT2D eigenvalue weighted by Crippen LogP contribution is -2.31. The van der Waals surface area contributed by atoms with E-state index in [0.717, 1.165) is 36.5 Å². The standard InChI is InChI=1S/C19H25N5O/c1-14-7-16(10-20-9-14)19(25)23-13-18-12-21-17(11-22-18)8-15-3-5-24(2)6-4-15/h7,9-12,15H,3-6,8,13H2,1-2H3,(H,23,25). The molecule has 1 aliphatic rings. The van der Waals surface area contributed by atoms with Crippen LogP contribution in [0.15, 0.2) is 30.9 Å². The first kappa shape index (κ1) is 17.5. The summed E-state index contributed by atoms with van der Waals surface area (Å²) in [5, 5.41) is 2.86. The summed E-state index contributed by atoms with van der Waals surface area (Å²) in [7, 11) is 2.17. The lowest BCUT2D eigenvalue weighted by molar-refractivity contribution is 0.0950. The summed E-state index contributed by atoms with van der Waals surface area (Å²) < 4.78 is 0. The van der Waals surface area contributed by atoms with Gasteiger partial charge in [-0.3, -0.25) is 19.7 Å². The normalized spacial score (nSPS) is 15.9. The molecule has 1 amide bonds. The maximum absolute atomic E-state index is 12.1. The third-order valence-electron chi connectivity index (χ3n) is 4.66. The number of likely N-dealkylation sites (tertiary alicyclic amines) is 1. The fraction of sp³-hybridized carbons (Fsp3) is 0.474. The lowest BCUT2D eigenvalue weighted by Gasteiger charge is -2.28. The van der Waals surface area contributed by atoms with Gasteiger partial charge in [-0.1, -0.05) is 0 Å². The second-order valence-electron chi connectivity index (χ2n) is 6.88. The minimum absolute atomic E-state index is 0.145. The van der Waals surface area contributed by atoms with Crippen molar-refractivity contribution in [1.82, 2.24) is 25.2 Å². The fourth-order valence-electron chi connectivity index (χ4n) is 3.09. The SMILES string of the molecule is Cc1cncc(C(=O)NCc2cnc(CC3CCN(C)CC3)cn2)c1. The number of carbonyl (C=O) groups excluding carboxylic acids is 1. The maximum Gasteiger partial charge on any atom is 0.253 e. The largest absolute Gasteiger partial charge is 0.346 e. The summed E-state index contributed by atoms with van der Waals surface area (Å²) in [5.41, 5.74) is 3.33. The number of amides is 1. The highest BCUT2D eigenvalue weighted by atomic mass is 16.1. The van der Waals surface area contributed by atoms with Gasteiger partial charge < -0.3 is 10.2 Å². The molecule has 3 heterocycles. The monoisotopic (exact) mass is 339 g/mol. The smallest absolute Gasteiger partial charge is 0.253 e. The molecule has 0 radical (unpaired) electrons. The lowest BCUT2D eigenvalue weighted by atomic mass is 9.92. The quantitative estimate of drug-likeness (QED) is 0.902. The molecule has 1 fully saturated rings. The Kier molecular flexibility index (Phi) is 5.71. The fourth-order valence-corrected chi connectivity index (χ4v) is 3.09. The molecule has 0 spiro atoms. The summed E-state index contributed by atoms with van der Waals surface area (Å²) in [4.78, 5) is 27.5. The van der Waals surface area contributed by atoms with E-state index >= 15 is 0 Å². The highest BCUT2D eigenvalue weighted by Crippen LogP contribution is 2.19. The van der Waals surface area contributed by atoms with E-state index in [2.05, 4.69) is 32.2 Å². The number of rotatable bonds is 5. The van der Waals surface area contributed by atoms with Crippen molar-refractivity contribution in [2.75, 3.05) is 20.1 Å². The first-order valence-corrected chi connectivity index (χ1v) is 8.78. The zero-order valence-electron chi connectivity index (χ0n) is 14.9. The van der Waals surface area contributed by atoms with Crippen molar-refractivity contribution in [2.24, 2.45) is 5.92 Å². The first-order chi connectivity index (χ1) is 12.1. The van der Waals surface area contributed by atoms with Crippen LogP contribution >= 0.6 is 0 Å². The van der Waals surface area contributed by atoms with Crippen molar-refractivity contribution < 1.29 is 4.79 Å². The van der Waals surface area contributed by atoms with Crippen LogP contribution in [0.25, 0.3) is 0 Å². The number of nitrogens with zero attached hydrogens (tertiary/aromatic N) is 4. The molecule has 1 aliphatic heterocycles. The molecule has 132 valence electrons. The maximum atomic E-state index is 12.1. The summed E-state index contributed by atoms with van der Waals surface area (Å²) in [6, 6.07) is 1.82. The van der Waals surface area contributed by atoms with E-state index in [1.807, 2.05) is 19.2 Å². The van der Waals surface area contributed by atoms with Crippen LogP contribution in [0, 0.1) is 12.8 Å². The zero-order valence-corrected chi connectivity index (χ0v) is 14.9. The minimum atomic E-state index is -0.145. The van der Waals surface area contributed by atoms with E-state index in [9.17, 15) is 4.79 Å². The molecule has 0 bridgehead atoms. The van der Waals surface area contributed by atoms with Crippen molar-refractivity contribution in [2.45, 2.75) is 32.7 Å². The third-order valence-corrected chi connectivity index (χ3v) is 4.66. The van der Waals surface area contributed by atoms with E-state index in [-0.39, 0.29) is 5.91 Å². The van der Waals surface area contributed by atoms with Gasteiger partial charge in [0.05, 0.1) is 29.7 Å². The molecule has 1 saturated heterocycles. The number of piperidine rings is 1. The molecule has 1 N–H and O–H groups in total. The van der Waals surface area contributed by atoms with Crippen molar-refractivity contribution in [3.05, 3.63) is 53.4 Å². The van der Waals surface area contributed by atoms with Gasteiger partial charge in [0.15, 0.2) is 0 Å². The van der Waals surface area contributed by atoms with Gasteiger partial charge in [-0.25, -0.2) is 0 Å². The second-order valence-corrected chi connectivity index (χ2v) is 6.88. The summed E-state index contributed by atoms with van der Waals surface area (Å²) in [5.74, 6) is 0.554. The Labute approximate surface area is 148 Å². The molecule has 2 aromatic heterocycles. The summed E-state index contributed by atoms with van der Waals surface area (Å²) in [6.45, 7) is 4.61. The molecule has 0 unspecified atom stereocenters. The van der Waals surface area contributed by atoms with Crippen LogP contribution in [0.1, 0.15) is 40.2 Å². The van der Waals surface area contributed by atoms with E-state index in [1.165, 1.54) is 12.8 Å². The third kappa shape index (κ3) is 5.06. The van der Waals surface area contributed by atoms with E-state index < -0.39 is 0 Å². The number of hydrogen-bond acceptors (Lipinski definition) is 5. The molecule has 6 nitrogen and oxygen atoms in total. The van der Waals surface area contributed by atoms with Gasteiger partial charge in [-0.15, -0.1) is 0 Å². The molecule has 6 heteroatoms. The highest BCUT2D eigenvalue weighted by Gasteiger charge is 2.17. The number of aromatic nitrogens is 3. The Morgan fingerprint density at radius 2 is 1.88 bits per heavy atom. The van der Waals surface area contributed by atoms with Crippen LogP contribution < -0.4 is 5.32 Å². The van der Waals surface area contributed by atoms with Crippen LogP contribution in [0.4, 0.5) is 0 Å². The van der Waals surface area contributed by atoms with Crippen LogP contribution in [-0.4, -0.2) is 45.9 Å².